The summed E-state index contributed by atoms with van der Waals surface area (Å²) >= 11 is 0. The molecule has 1 unspecified atom stereocenters. The van der Waals surface area contributed by atoms with E-state index >= 15 is 0 Å². The van der Waals surface area contributed by atoms with E-state index in [1.165, 1.54) is 0 Å². The first-order valence-corrected chi connectivity index (χ1v) is 6.88. The summed E-state index contributed by atoms with van der Waals surface area (Å²) in [6.07, 6.45) is 0.311. The predicted molar refractivity (Wildman–Crippen MR) is 72.4 cm³/mol. The molecule has 2 rings (SSSR count). The second kappa shape index (κ2) is 6.83. The lowest BCUT2D eigenvalue weighted by atomic mass is 10.4. The quantitative estimate of drug-likeness (QED) is 0.506. The molecule has 0 spiro atoms. The summed E-state index contributed by atoms with van der Waals surface area (Å²) in [7, 11) is 0. The van der Waals surface area contributed by atoms with Gasteiger partial charge in [-0.05, 0) is 12.8 Å². The fourth-order valence-corrected chi connectivity index (χ4v) is 2.06. The highest BCUT2D eigenvalue weighted by Gasteiger charge is 2.26. The van der Waals surface area contributed by atoms with Crippen molar-refractivity contribution < 1.29 is 14.9 Å². The van der Waals surface area contributed by atoms with Gasteiger partial charge in [0, 0.05) is 26.3 Å². The van der Waals surface area contributed by atoms with Crippen molar-refractivity contribution in [1.29, 1.82) is 0 Å². The number of rotatable bonds is 8. The van der Waals surface area contributed by atoms with Crippen molar-refractivity contribution >= 4 is 0 Å². The molecule has 0 aliphatic carbocycles. The zero-order chi connectivity index (χ0) is 15.4. The summed E-state index contributed by atoms with van der Waals surface area (Å²) in [5.74, 6) is 0. The van der Waals surface area contributed by atoms with Crippen LogP contribution in [-0.4, -0.2) is 49.8 Å². The number of epoxide rings is 1. The minimum absolute atomic E-state index is 0.0408. The van der Waals surface area contributed by atoms with E-state index in [9.17, 15) is 14.4 Å². The normalized spacial score (nSPS) is 17.1. The first kappa shape index (κ1) is 15.7. The summed E-state index contributed by atoms with van der Waals surface area (Å²) in [5.41, 5.74) is -2.08. The van der Waals surface area contributed by atoms with E-state index in [1.807, 2.05) is 0 Å². The molecular weight excluding hydrogens is 282 g/mol. The number of nitrogens with zero attached hydrogens (tertiary/aromatic N) is 3. The Kier molecular flexibility index (Phi) is 5.10. The molecule has 2 N–H and O–H groups in total. The van der Waals surface area contributed by atoms with Gasteiger partial charge in [0.15, 0.2) is 0 Å². The molecule has 9 nitrogen and oxygen atoms in total. The fraction of sp³-hybridized carbons (Fsp3) is 0.750. The van der Waals surface area contributed by atoms with Gasteiger partial charge in [0.2, 0.25) is 0 Å². The van der Waals surface area contributed by atoms with Crippen molar-refractivity contribution in [2.24, 2.45) is 0 Å². The number of hydrogen-bond acceptors (Lipinski definition) is 6. The van der Waals surface area contributed by atoms with Crippen molar-refractivity contribution in [3.63, 3.8) is 0 Å². The maximum Gasteiger partial charge on any atom is 0.336 e. The van der Waals surface area contributed by atoms with E-state index < -0.39 is 17.1 Å². The monoisotopic (exact) mass is 301 g/mol. The number of hydrogen-bond donors (Lipinski definition) is 2. The Morgan fingerprint density at radius 2 is 1.33 bits per heavy atom. The van der Waals surface area contributed by atoms with Crippen LogP contribution in [0.25, 0.3) is 0 Å². The van der Waals surface area contributed by atoms with Crippen LogP contribution in [0.1, 0.15) is 12.8 Å². The van der Waals surface area contributed by atoms with Crippen LogP contribution in [0, 0.1) is 0 Å². The van der Waals surface area contributed by atoms with Crippen molar-refractivity contribution in [1.82, 2.24) is 13.7 Å². The molecular formula is C12H19N3O6. The van der Waals surface area contributed by atoms with Gasteiger partial charge in [-0.2, -0.15) is 0 Å². The van der Waals surface area contributed by atoms with Crippen LogP contribution in [0.4, 0.5) is 0 Å². The van der Waals surface area contributed by atoms with Crippen molar-refractivity contribution in [3.8, 4) is 0 Å². The third kappa shape index (κ3) is 3.49. The molecule has 118 valence electrons. The van der Waals surface area contributed by atoms with E-state index in [0.29, 0.717) is 6.61 Å². The van der Waals surface area contributed by atoms with Gasteiger partial charge in [-0.3, -0.25) is 0 Å². The molecule has 1 aromatic heterocycles. The molecule has 21 heavy (non-hydrogen) atoms. The molecule has 0 bridgehead atoms. The van der Waals surface area contributed by atoms with Crippen LogP contribution in [0.3, 0.4) is 0 Å². The molecule has 1 fully saturated rings. The molecule has 2 heterocycles. The zero-order valence-corrected chi connectivity index (χ0v) is 11.6. The van der Waals surface area contributed by atoms with Gasteiger partial charge in [0.1, 0.15) is 0 Å². The Morgan fingerprint density at radius 3 is 1.71 bits per heavy atom. The van der Waals surface area contributed by atoms with Crippen LogP contribution >= 0.6 is 0 Å². The van der Waals surface area contributed by atoms with Crippen LogP contribution in [0.2, 0.25) is 0 Å². The summed E-state index contributed by atoms with van der Waals surface area (Å²) in [4.78, 5) is 36.7. The van der Waals surface area contributed by atoms with Gasteiger partial charge >= 0.3 is 17.1 Å². The van der Waals surface area contributed by atoms with Gasteiger partial charge < -0.3 is 14.9 Å². The first-order chi connectivity index (χ1) is 10.1. The van der Waals surface area contributed by atoms with Gasteiger partial charge in [-0.1, -0.05) is 0 Å². The van der Waals surface area contributed by atoms with Gasteiger partial charge in [0.05, 0.1) is 19.3 Å². The molecule has 1 aromatic rings. The second-order valence-corrected chi connectivity index (χ2v) is 4.87. The minimum atomic E-state index is -0.708. The molecule has 1 atom stereocenters. The Hall–Kier alpha value is -1.71. The molecule has 0 aromatic carbocycles. The zero-order valence-electron chi connectivity index (χ0n) is 11.6. The molecule has 0 radical (unpaired) electrons. The largest absolute Gasteiger partial charge is 0.396 e. The van der Waals surface area contributed by atoms with E-state index in [4.69, 9.17) is 14.9 Å². The van der Waals surface area contributed by atoms with E-state index in [0.717, 1.165) is 13.7 Å². The van der Waals surface area contributed by atoms with Crippen LogP contribution in [0.5, 0.6) is 0 Å². The molecule has 1 aliphatic rings. The average Bonchev–Trinajstić information content (AvgIpc) is 3.27. The Bertz CT molecular complexity index is 608. The summed E-state index contributed by atoms with van der Waals surface area (Å²) in [5, 5.41) is 17.7. The number of aliphatic hydroxyl groups is 2. The second-order valence-electron chi connectivity index (χ2n) is 4.87. The Labute approximate surface area is 119 Å². The maximum atomic E-state index is 12.2. The molecule has 0 amide bonds. The van der Waals surface area contributed by atoms with E-state index in [1.54, 1.807) is 0 Å². The number of aromatic nitrogens is 3. The minimum Gasteiger partial charge on any atom is -0.396 e. The lowest BCUT2D eigenvalue weighted by molar-refractivity contribution is 0.266. The van der Waals surface area contributed by atoms with Gasteiger partial charge in [-0.15, -0.1) is 0 Å². The van der Waals surface area contributed by atoms with Crippen LogP contribution in [0.15, 0.2) is 14.4 Å². The van der Waals surface area contributed by atoms with Crippen LogP contribution < -0.4 is 17.1 Å². The van der Waals surface area contributed by atoms with Gasteiger partial charge in [0.25, 0.3) is 0 Å². The Morgan fingerprint density at radius 1 is 0.905 bits per heavy atom. The maximum absolute atomic E-state index is 12.2. The molecule has 9 heteroatoms. The van der Waals surface area contributed by atoms with Crippen molar-refractivity contribution in [3.05, 3.63) is 31.5 Å². The van der Waals surface area contributed by atoms with E-state index in [2.05, 4.69) is 0 Å². The SMILES string of the molecule is O=c1n(CCCO)c(=O)n(CC2CO2)c(=O)n1CCCO. The summed E-state index contributed by atoms with van der Waals surface area (Å²) in [6.45, 7) is 0.355. The number of ether oxygens (including phenoxy) is 1. The lowest BCUT2D eigenvalue weighted by Crippen LogP contribution is -2.55. The summed E-state index contributed by atoms with van der Waals surface area (Å²) < 4.78 is 7.88. The smallest absolute Gasteiger partial charge is 0.336 e. The average molecular weight is 301 g/mol. The predicted octanol–water partition coefficient (Wildman–Crippen LogP) is -2.66. The Balaban J connectivity index is 2.49. The summed E-state index contributed by atoms with van der Waals surface area (Å²) in [6, 6.07) is 0. The van der Waals surface area contributed by atoms with Crippen molar-refractivity contribution in [2.75, 3.05) is 19.8 Å². The van der Waals surface area contributed by atoms with Crippen LogP contribution in [-0.2, 0) is 24.4 Å². The molecule has 0 saturated carbocycles. The fourth-order valence-electron chi connectivity index (χ4n) is 2.06. The molecule has 1 saturated heterocycles. The third-order valence-electron chi connectivity index (χ3n) is 3.25. The van der Waals surface area contributed by atoms with Crippen molar-refractivity contribution in [2.45, 2.75) is 38.6 Å². The highest BCUT2D eigenvalue weighted by atomic mass is 16.6. The number of aliphatic hydroxyl groups excluding tert-OH is 2. The topological polar surface area (TPSA) is 119 Å². The standard InChI is InChI=1S/C12H19N3O6/c16-5-1-3-13-10(18)14(4-2-6-17)12(20)15(11(13)19)7-9-8-21-9/h9,16-17H,1-8H2. The van der Waals surface area contributed by atoms with Gasteiger partial charge in [-0.25, -0.2) is 28.1 Å². The lowest BCUT2D eigenvalue weighted by Gasteiger charge is -2.12. The third-order valence-corrected chi connectivity index (χ3v) is 3.25. The first-order valence-electron chi connectivity index (χ1n) is 6.88. The molecule has 1 aliphatic heterocycles. The highest BCUT2D eigenvalue weighted by Crippen LogP contribution is 2.08. The van der Waals surface area contributed by atoms with E-state index in [-0.39, 0.29) is 51.8 Å². The highest BCUT2D eigenvalue weighted by molar-refractivity contribution is 4.82.